The first kappa shape index (κ1) is 16.8. The molecular formula is C15H15F3N2O3S. The van der Waals surface area contributed by atoms with Gasteiger partial charge in [-0.25, -0.2) is 0 Å². The Kier molecular flexibility index (Phi) is 4.29. The van der Waals surface area contributed by atoms with E-state index in [0.717, 1.165) is 5.03 Å². The van der Waals surface area contributed by atoms with E-state index in [1.807, 2.05) is 23.9 Å². The highest BCUT2D eigenvalue weighted by Gasteiger charge is 2.37. The van der Waals surface area contributed by atoms with Crippen molar-refractivity contribution < 1.29 is 27.4 Å². The average molecular weight is 360 g/mol. The van der Waals surface area contributed by atoms with E-state index in [1.165, 1.54) is 36.0 Å². The van der Waals surface area contributed by atoms with E-state index in [4.69, 9.17) is 9.47 Å². The van der Waals surface area contributed by atoms with Crippen LogP contribution in [0.1, 0.15) is 6.92 Å². The standard InChI is InChI=1S/C15H15F3N2O3S/c1-14(8-20-7-12(24-2)19-13(20)23-14)9-21-10-3-5-11(6-4-10)22-15(16,17)18/h3-7H,8-9H2,1-2H3. The van der Waals surface area contributed by atoms with Crippen molar-refractivity contribution in [1.82, 2.24) is 9.55 Å². The zero-order valence-corrected chi connectivity index (χ0v) is 13.8. The van der Waals surface area contributed by atoms with Crippen LogP contribution in [0.5, 0.6) is 17.5 Å². The van der Waals surface area contributed by atoms with Gasteiger partial charge in [0.15, 0.2) is 5.60 Å². The summed E-state index contributed by atoms with van der Waals surface area (Å²) in [4.78, 5) is 4.33. The molecular weight excluding hydrogens is 345 g/mol. The van der Waals surface area contributed by atoms with E-state index in [-0.39, 0.29) is 12.4 Å². The molecule has 0 amide bonds. The number of hydrogen-bond acceptors (Lipinski definition) is 5. The minimum Gasteiger partial charge on any atom is -0.489 e. The second-order valence-corrected chi connectivity index (χ2v) is 6.38. The molecule has 0 radical (unpaired) electrons. The van der Waals surface area contributed by atoms with Crippen LogP contribution in [0, 0.1) is 0 Å². The molecule has 1 aliphatic rings. The van der Waals surface area contributed by atoms with Crippen LogP contribution in [0.4, 0.5) is 13.2 Å². The van der Waals surface area contributed by atoms with Crippen LogP contribution in [0.3, 0.4) is 0 Å². The van der Waals surface area contributed by atoms with Crippen LogP contribution in [-0.4, -0.2) is 34.4 Å². The summed E-state index contributed by atoms with van der Waals surface area (Å²) in [5.74, 6) is 0.145. The topological polar surface area (TPSA) is 45.5 Å². The zero-order valence-electron chi connectivity index (χ0n) is 13.0. The number of imidazole rings is 1. The maximum absolute atomic E-state index is 12.1. The van der Waals surface area contributed by atoms with Crippen molar-refractivity contribution in [2.45, 2.75) is 30.5 Å². The number of aromatic nitrogens is 2. The van der Waals surface area contributed by atoms with Crippen LogP contribution in [0.15, 0.2) is 35.5 Å². The number of rotatable bonds is 5. The molecule has 0 spiro atoms. The molecule has 130 valence electrons. The number of nitrogens with zero attached hydrogens (tertiary/aromatic N) is 2. The molecule has 0 saturated carbocycles. The summed E-state index contributed by atoms with van der Waals surface area (Å²) in [5, 5.41) is 0.883. The van der Waals surface area contributed by atoms with Gasteiger partial charge in [0, 0.05) is 6.20 Å². The molecule has 1 aromatic carbocycles. The zero-order chi connectivity index (χ0) is 17.4. The van der Waals surface area contributed by atoms with Crippen LogP contribution in [0.25, 0.3) is 0 Å². The summed E-state index contributed by atoms with van der Waals surface area (Å²) in [5.41, 5.74) is -0.583. The van der Waals surface area contributed by atoms with Gasteiger partial charge in [0.1, 0.15) is 23.1 Å². The van der Waals surface area contributed by atoms with Gasteiger partial charge in [0.05, 0.1) is 6.54 Å². The molecule has 0 fully saturated rings. The van der Waals surface area contributed by atoms with Gasteiger partial charge in [0.2, 0.25) is 0 Å². The number of fused-ring (bicyclic) bond motifs is 1. The normalized spacial score (nSPS) is 19.7. The number of hydrogen-bond donors (Lipinski definition) is 0. The summed E-state index contributed by atoms with van der Waals surface area (Å²) in [7, 11) is 0. The molecule has 9 heteroatoms. The number of ether oxygens (including phenoxy) is 3. The lowest BCUT2D eigenvalue weighted by atomic mass is 10.1. The molecule has 1 aliphatic heterocycles. The first-order valence-electron chi connectivity index (χ1n) is 7.05. The van der Waals surface area contributed by atoms with Crippen molar-refractivity contribution in [3.8, 4) is 17.5 Å². The molecule has 3 rings (SSSR count). The largest absolute Gasteiger partial charge is 0.573 e. The number of alkyl halides is 3. The number of thioether (sulfide) groups is 1. The van der Waals surface area contributed by atoms with Crippen molar-refractivity contribution in [3.63, 3.8) is 0 Å². The lowest BCUT2D eigenvalue weighted by Gasteiger charge is -2.23. The van der Waals surface area contributed by atoms with Gasteiger partial charge in [-0.05, 0) is 37.4 Å². The van der Waals surface area contributed by atoms with E-state index < -0.39 is 12.0 Å². The summed E-state index contributed by atoms with van der Waals surface area (Å²) in [6.07, 6.45) is -0.856. The smallest absolute Gasteiger partial charge is 0.489 e. The van der Waals surface area contributed by atoms with Crippen LogP contribution in [0.2, 0.25) is 0 Å². The lowest BCUT2D eigenvalue weighted by Crippen LogP contribution is -2.38. The second kappa shape index (κ2) is 6.12. The van der Waals surface area contributed by atoms with Crippen molar-refractivity contribution in [3.05, 3.63) is 30.5 Å². The molecule has 0 bridgehead atoms. The summed E-state index contributed by atoms with van der Waals surface area (Å²) in [6.45, 7) is 2.72. The lowest BCUT2D eigenvalue weighted by molar-refractivity contribution is -0.274. The first-order valence-corrected chi connectivity index (χ1v) is 8.28. The summed E-state index contributed by atoms with van der Waals surface area (Å²) < 4.78 is 53.5. The summed E-state index contributed by atoms with van der Waals surface area (Å²) >= 11 is 1.53. The van der Waals surface area contributed by atoms with Crippen molar-refractivity contribution in [1.29, 1.82) is 0 Å². The van der Waals surface area contributed by atoms with Gasteiger partial charge >= 0.3 is 6.36 Å². The molecule has 5 nitrogen and oxygen atoms in total. The molecule has 0 N–H and O–H groups in total. The van der Waals surface area contributed by atoms with E-state index in [9.17, 15) is 13.2 Å². The van der Waals surface area contributed by atoms with Gasteiger partial charge in [-0.1, -0.05) is 0 Å². The highest BCUT2D eigenvalue weighted by Crippen LogP contribution is 2.32. The van der Waals surface area contributed by atoms with Gasteiger partial charge in [-0.3, -0.25) is 4.57 Å². The SMILES string of the molecule is CSc1cn2c(n1)OC(C)(COc1ccc(OC(F)(F)F)cc1)C2. The molecule has 2 aromatic rings. The third kappa shape index (κ3) is 3.89. The van der Waals surface area contributed by atoms with Crippen molar-refractivity contribution >= 4 is 11.8 Å². The molecule has 0 aliphatic carbocycles. The molecule has 2 heterocycles. The Morgan fingerprint density at radius 3 is 2.54 bits per heavy atom. The van der Waals surface area contributed by atoms with Gasteiger partial charge in [0.25, 0.3) is 6.01 Å². The Labute approximate surface area is 140 Å². The second-order valence-electron chi connectivity index (χ2n) is 5.55. The van der Waals surface area contributed by atoms with Crippen molar-refractivity contribution in [2.24, 2.45) is 0 Å². The van der Waals surface area contributed by atoms with Crippen molar-refractivity contribution in [2.75, 3.05) is 12.9 Å². The first-order chi connectivity index (χ1) is 11.3. The van der Waals surface area contributed by atoms with Crippen LogP contribution >= 0.6 is 11.8 Å². The third-order valence-corrected chi connectivity index (χ3v) is 3.99. The van der Waals surface area contributed by atoms with Crippen LogP contribution < -0.4 is 14.2 Å². The van der Waals surface area contributed by atoms with E-state index in [1.54, 1.807) is 0 Å². The Bertz CT molecular complexity index is 692. The minimum atomic E-state index is -4.70. The molecule has 1 unspecified atom stereocenters. The fraction of sp³-hybridized carbons (Fsp3) is 0.400. The maximum Gasteiger partial charge on any atom is 0.573 e. The average Bonchev–Trinajstić information content (AvgIpc) is 3.00. The Morgan fingerprint density at radius 1 is 1.29 bits per heavy atom. The Hall–Kier alpha value is -2.03. The minimum absolute atomic E-state index is 0.241. The quantitative estimate of drug-likeness (QED) is 0.761. The molecule has 1 aromatic heterocycles. The van der Waals surface area contributed by atoms with Gasteiger partial charge in [-0.15, -0.1) is 24.9 Å². The van der Waals surface area contributed by atoms with E-state index in [0.29, 0.717) is 18.3 Å². The fourth-order valence-corrected chi connectivity index (χ4v) is 2.73. The molecule has 24 heavy (non-hydrogen) atoms. The van der Waals surface area contributed by atoms with E-state index in [2.05, 4.69) is 9.72 Å². The molecule has 1 atom stereocenters. The number of benzene rings is 1. The number of halogens is 3. The maximum atomic E-state index is 12.1. The molecule has 0 saturated heterocycles. The van der Waals surface area contributed by atoms with Crippen LogP contribution in [-0.2, 0) is 6.54 Å². The fourth-order valence-electron chi connectivity index (χ4n) is 2.33. The Balaban J connectivity index is 1.57. The summed E-state index contributed by atoms with van der Waals surface area (Å²) in [6, 6.07) is 5.79. The third-order valence-electron chi connectivity index (χ3n) is 3.37. The monoisotopic (exact) mass is 360 g/mol. The highest BCUT2D eigenvalue weighted by molar-refractivity contribution is 7.98. The Morgan fingerprint density at radius 2 is 1.96 bits per heavy atom. The predicted octanol–water partition coefficient (Wildman–Crippen LogP) is 3.73. The highest BCUT2D eigenvalue weighted by atomic mass is 32.2. The van der Waals surface area contributed by atoms with Gasteiger partial charge in [-0.2, -0.15) is 4.98 Å². The van der Waals surface area contributed by atoms with E-state index >= 15 is 0 Å². The predicted molar refractivity (Wildman–Crippen MR) is 81.7 cm³/mol. The van der Waals surface area contributed by atoms with Gasteiger partial charge < -0.3 is 14.2 Å².